The van der Waals surface area contributed by atoms with E-state index < -0.39 is 21.4 Å². The Kier molecular flexibility index (Phi) is 4.26. The molecule has 0 bridgehead atoms. The number of carbonyl (C=O) groups is 1. The maximum atomic E-state index is 13.0. The highest BCUT2D eigenvalue weighted by molar-refractivity contribution is 7.92. The van der Waals surface area contributed by atoms with Gasteiger partial charge in [-0.1, -0.05) is 24.4 Å². The number of rotatable bonds is 4. The van der Waals surface area contributed by atoms with Gasteiger partial charge in [0.05, 0.1) is 9.92 Å². The van der Waals surface area contributed by atoms with E-state index >= 15 is 0 Å². The molecule has 1 aliphatic rings. The van der Waals surface area contributed by atoms with E-state index in [9.17, 15) is 17.6 Å². The highest BCUT2D eigenvalue weighted by Gasteiger charge is 2.28. The summed E-state index contributed by atoms with van der Waals surface area (Å²) in [5.74, 6) is -1.61. The van der Waals surface area contributed by atoms with Crippen LogP contribution >= 0.6 is 11.6 Å². The Morgan fingerprint density at radius 1 is 1.32 bits per heavy atom. The van der Waals surface area contributed by atoms with Crippen LogP contribution in [0.3, 0.4) is 0 Å². The van der Waals surface area contributed by atoms with Crippen LogP contribution in [0.25, 0.3) is 0 Å². The third-order valence-electron chi connectivity index (χ3n) is 3.39. The summed E-state index contributed by atoms with van der Waals surface area (Å²) in [6.45, 7) is 0. The van der Waals surface area contributed by atoms with Crippen LogP contribution in [-0.4, -0.2) is 20.0 Å². The molecule has 1 aromatic carbocycles. The lowest BCUT2D eigenvalue weighted by molar-refractivity contribution is -0.120. The zero-order chi connectivity index (χ0) is 14.0. The molecule has 0 amide bonds. The summed E-state index contributed by atoms with van der Waals surface area (Å²) in [5.41, 5.74) is 0. The van der Waals surface area contributed by atoms with Gasteiger partial charge in [-0.2, -0.15) is 0 Å². The lowest BCUT2D eigenvalue weighted by Crippen LogP contribution is -2.22. The summed E-state index contributed by atoms with van der Waals surface area (Å²) in [6, 6.07) is 3.18. The van der Waals surface area contributed by atoms with Crippen molar-refractivity contribution in [2.45, 2.75) is 30.6 Å². The third-order valence-corrected chi connectivity index (χ3v) is 5.32. The van der Waals surface area contributed by atoms with Crippen molar-refractivity contribution >= 4 is 27.2 Å². The van der Waals surface area contributed by atoms with Crippen molar-refractivity contribution in [3.05, 3.63) is 29.0 Å². The van der Waals surface area contributed by atoms with Crippen molar-refractivity contribution < 1.29 is 17.6 Å². The smallest absolute Gasteiger partial charge is 0.185 e. The minimum absolute atomic E-state index is 0.106. The second kappa shape index (κ2) is 5.59. The van der Waals surface area contributed by atoms with Gasteiger partial charge in [-0.25, -0.2) is 12.8 Å². The molecule has 0 unspecified atom stereocenters. The average molecular weight is 305 g/mol. The van der Waals surface area contributed by atoms with Crippen LogP contribution < -0.4 is 0 Å². The largest absolute Gasteiger partial charge is 0.298 e. The number of sulfone groups is 1. The first-order valence-corrected chi connectivity index (χ1v) is 8.14. The average Bonchev–Trinajstić information content (AvgIpc) is 2.85. The van der Waals surface area contributed by atoms with E-state index in [0.29, 0.717) is 0 Å². The van der Waals surface area contributed by atoms with E-state index in [1.807, 2.05) is 0 Å². The predicted molar refractivity (Wildman–Crippen MR) is 70.4 cm³/mol. The molecule has 3 nitrogen and oxygen atoms in total. The number of benzene rings is 1. The number of hydrogen-bond donors (Lipinski definition) is 0. The molecule has 19 heavy (non-hydrogen) atoms. The number of hydrogen-bond acceptors (Lipinski definition) is 3. The molecule has 104 valence electrons. The summed E-state index contributed by atoms with van der Waals surface area (Å²) in [6.07, 6.45) is 3.47. The minimum Gasteiger partial charge on any atom is -0.298 e. The van der Waals surface area contributed by atoms with Crippen molar-refractivity contribution in [1.29, 1.82) is 0 Å². The van der Waals surface area contributed by atoms with E-state index in [1.54, 1.807) is 0 Å². The predicted octanol–water partition coefficient (Wildman–Crippen LogP) is 3.01. The molecule has 0 heterocycles. The van der Waals surface area contributed by atoms with Crippen molar-refractivity contribution in [2.24, 2.45) is 5.92 Å². The van der Waals surface area contributed by atoms with Gasteiger partial charge in [-0.3, -0.25) is 4.79 Å². The van der Waals surface area contributed by atoms with Crippen molar-refractivity contribution in [3.63, 3.8) is 0 Å². The van der Waals surface area contributed by atoms with E-state index in [2.05, 4.69) is 0 Å². The Morgan fingerprint density at radius 2 is 1.95 bits per heavy atom. The van der Waals surface area contributed by atoms with Gasteiger partial charge in [0.15, 0.2) is 15.6 Å². The molecule has 2 rings (SSSR count). The molecular weight excluding hydrogens is 291 g/mol. The molecule has 0 aromatic heterocycles. The summed E-state index contributed by atoms with van der Waals surface area (Å²) in [5, 5.41) is -0.255. The van der Waals surface area contributed by atoms with Gasteiger partial charge in [-0.15, -0.1) is 0 Å². The Balaban J connectivity index is 2.17. The molecule has 0 atom stereocenters. The monoisotopic (exact) mass is 304 g/mol. The highest BCUT2D eigenvalue weighted by atomic mass is 35.5. The fourth-order valence-electron chi connectivity index (χ4n) is 2.31. The van der Waals surface area contributed by atoms with Crippen molar-refractivity contribution in [2.75, 3.05) is 5.75 Å². The Bertz CT molecular complexity index is 592. The third kappa shape index (κ3) is 3.34. The zero-order valence-electron chi connectivity index (χ0n) is 10.2. The fourth-order valence-corrected chi connectivity index (χ4v) is 3.90. The summed E-state index contributed by atoms with van der Waals surface area (Å²) >= 11 is 5.56. The van der Waals surface area contributed by atoms with E-state index in [-0.39, 0.29) is 21.6 Å². The number of carbonyl (C=O) groups excluding carboxylic acids is 1. The maximum absolute atomic E-state index is 13.0. The quantitative estimate of drug-likeness (QED) is 0.803. The highest BCUT2D eigenvalue weighted by Crippen LogP contribution is 2.27. The molecule has 0 saturated heterocycles. The standard InChI is InChI=1S/C13H14ClFO3S/c14-11-7-10(5-6-12(11)15)19(17,18)8-13(16)9-3-1-2-4-9/h5-7,9H,1-4,8H2. The zero-order valence-corrected chi connectivity index (χ0v) is 11.8. The molecule has 1 aromatic rings. The Morgan fingerprint density at radius 3 is 2.53 bits per heavy atom. The van der Waals surface area contributed by atoms with Crippen molar-refractivity contribution in [1.82, 2.24) is 0 Å². The van der Waals surface area contributed by atoms with Crippen LogP contribution in [0, 0.1) is 11.7 Å². The SMILES string of the molecule is O=C(CS(=O)(=O)c1ccc(F)c(Cl)c1)C1CCCC1. The number of halogens is 2. The fraction of sp³-hybridized carbons (Fsp3) is 0.462. The second-order valence-corrected chi connectivity index (χ2v) is 7.18. The first-order valence-electron chi connectivity index (χ1n) is 6.10. The van der Waals surface area contributed by atoms with Crippen LogP contribution in [0.2, 0.25) is 5.02 Å². The Hall–Kier alpha value is -0.940. The second-order valence-electron chi connectivity index (χ2n) is 4.78. The van der Waals surface area contributed by atoms with Gasteiger partial charge in [0.1, 0.15) is 11.6 Å². The lowest BCUT2D eigenvalue weighted by atomic mass is 10.0. The molecule has 0 spiro atoms. The molecule has 1 saturated carbocycles. The molecule has 0 N–H and O–H groups in total. The van der Waals surface area contributed by atoms with Crippen LogP contribution in [0.1, 0.15) is 25.7 Å². The van der Waals surface area contributed by atoms with Crippen LogP contribution in [0.5, 0.6) is 0 Å². The molecule has 0 radical (unpaired) electrons. The normalized spacial score (nSPS) is 16.7. The summed E-state index contributed by atoms with van der Waals surface area (Å²) in [7, 11) is -3.74. The topological polar surface area (TPSA) is 51.2 Å². The molecule has 0 aliphatic heterocycles. The molecule has 1 fully saturated rings. The first-order chi connectivity index (χ1) is 8.90. The summed E-state index contributed by atoms with van der Waals surface area (Å²) in [4.78, 5) is 11.8. The van der Waals surface area contributed by atoms with Crippen molar-refractivity contribution in [3.8, 4) is 0 Å². The first kappa shape index (κ1) is 14.5. The maximum Gasteiger partial charge on any atom is 0.185 e. The van der Waals surface area contributed by atoms with Gasteiger partial charge in [0.2, 0.25) is 0 Å². The van der Waals surface area contributed by atoms with Crippen LogP contribution in [0.4, 0.5) is 4.39 Å². The van der Waals surface area contributed by atoms with Gasteiger partial charge >= 0.3 is 0 Å². The van der Waals surface area contributed by atoms with Gasteiger partial charge in [-0.05, 0) is 31.0 Å². The van der Waals surface area contributed by atoms with E-state index in [0.717, 1.165) is 43.9 Å². The molecule has 1 aliphatic carbocycles. The van der Waals surface area contributed by atoms with Gasteiger partial charge < -0.3 is 0 Å². The molecule has 6 heteroatoms. The lowest BCUT2D eigenvalue weighted by Gasteiger charge is -2.09. The Labute approximate surface area is 116 Å². The van der Waals surface area contributed by atoms with Gasteiger partial charge in [0.25, 0.3) is 0 Å². The molecular formula is C13H14ClFO3S. The van der Waals surface area contributed by atoms with Crippen LogP contribution in [0.15, 0.2) is 23.1 Å². The van der Waals surface area contributed by atoms with E-state index in [1.165, 1.54) is 0 Å². The van der Waals surface area contributed by atoms with E-state index in [4.69, 9.17) is 11.6 Å². The number of ketones is 1. The van der Waals surface area contributed by atoms with Gasteiger partial charge in [0, 0.05) is 5.92 Å². The summed E-state index contributed by atoms with van der Waals surface area (Å²) < 4.78 is 37.1. The van der Waals surface area contributed by atoms with Crippen LogP contribution in [-0.2, 0) is 14.6 Å². The number of Topliss-reactive ketones (excluding diaryl/α,β-unsaturated/α-hetero) is 1. The minimum atomic E-state index is -3.74.